The first-order valence-corrected chi connectivity index (χ1v) is 9.28. The number of nitrogens with zero attached hydrogens (tertiary/aromatic N) is 3. The van der Waals surface area contributed by atoms with Gasteiger partial charge in [0.25, 0.3) is 0 Å². The molecule has 0 bridgehead atoms. The van der Waals surface area contributed by atoms with Crippen LogP contribution in [0.1, 0.15) is 37.9 Å². The predicted molar refractivity (Wildman–Crippen MR) is 99.1 cm³/mol. The third-order valence-electron chi connectivity index (χ3n) is 4.59. The van der Waals surface area contributed by atoms with E-state index in [9.17, 15) is 5.11 Å². The Labute approximate surface area is 153 Å². The number of aromatic nitrogens is 2. The van der Waals surface area contributed by atoms with Crippen LogP contribution in [-0.2, 0) is 13.0 Å². The molecule has 1 aliphatic heterocycles. The first-order valence-electron chi connectivity index (χ1n) is 8.90. The van der Waals surface area contributed by atoms with E-state index in [-0.39, 0.29) is 6.61 Å². The maximum Gasteiger partial charge on any atom is 0.245 e. The maximum atomic E-state index is 9.32. The van der Waals surface area contributed by atoms with Crippen molar-refractivity contribution in [2.75, 3.05) is 29.9 Å². The highest BCUT2D eigenvalue weighted by Gasteiger charge is 2.21. The van der Waals surface area contributed by atoms with Gasteiger partial charge in [0.05, 0.1) is 17.9 Å². The van der Waals surface area contributed by atoms with Gasteiger partial charge in [0.1, 0.15) is 0 Å². The largest absolute Gasteiger partial charge is 0.396 e. The third kappa shape index (κ3) is 4.64. The Bertz CT molecular complexity index is 683. The minimum Gasteiger partial charge on any atom is -0.396 e. The van der Waals surface area contributed by atoms with Crippen molar-refractivity contribution in [1.29, 1.82) is 0 Å². The molecule has 2 heterocycles. The van der Waals surface area contributed by atoms with Crippen molar-refractivity contribution in [2.45, 2.75) is 39.2 Å². The SMILES string of the molecule is CCCc1noc(CNc2cc(Cl)ccc2N2CCC(CO)CC2)n1. The van der Waals surface area contributed by atoms with Crippen LogP contribution in [0.2, 0.25) is 5.02 Å². The zero-order chi connectivity index (χ0) is 17.6. The molecule has 1 aromatic heterocycles. The van der Waals surface area contributed by atoms with Crippen molar-refractivity contribution in [3.63, 3.8) is 0 Å². The van der Waals surface area contributed by atoms with E-state index in [0.29, 0.717) is 23.4 Å². The molecule has 0 amide bonds. The molecule has 1 saturated heterocycles. The second-order valence-corrected chi connectivity index (χ2v) is 6.92. The summed E-state index contributed by atoms with van der Waals surface area (Å²) < 4.78 is 5.29. The molecule has 1 aliphatic rings. The van der Waals surface area contributed by atoms with Crippen molar-refractivity contribution in [3.8, 4) is 0 Å². The molecule has 1 fully saturated rings. The lowest BCUT2D eigenvalue weighted by Gasteiger charge is -2.34. The van der Waals surface area contributed by atoms with Gasteiger partial charge in [-0.2, -0.15) is 4.98 Å². The number of piperidine rings is 1. The van der Waals surface area contributed by atoms with Crippen LogP contribution in [0, 0.1) is 5.92 Å². The lowest BCUT2D eigenvalue weighted by molar-refractivity contribution is 0.203. The summed E-state index contributed by atoms with van der Waals surface area (Å²) in [5, 5.41) is 17.4. The van der Waals surface area contributed by atoms with E-state index >= 15 is 0 Å². The monoisotopic (exact) mass is 364 g/mol. The number of aryl methyl sites for hydroxylation is 1. The van der Waals surface area contributed by atoms with E-state index in [0.717, 1.165) is 56.0 Å². The first-order chi connectivity index (χ1) is 12.2. The third-order valence-corrected chi connectivity index (χ3v) is 4.82. The number of benzene rings is 1. The first kappa shape index (κ1) is 18.0. The minimum absolute atomic E-state index is 0.275. The van der Waals surface area contributed by atoms with Crippen LogP contribution in [0.25, 0.3) is 0 Å². The summed E-state index contributed by atoms with van der Waals surface area (Å²) in [6.07, 6.45) is 3.82. The van der Waals surface area contributed by atoms with Crippen molar-refractivity contribution in [2.24, 2.45) is 5.92 Å². The molecule has 2 N–H and O–H groups in total. The van der Waals surface area contributed by atoms with Crippen LogP contribution in [0.5, 0.6) is 0 Å². The van der Waals surface area contributed by atoms with Crippen molar-refractivity contribution >= 4 is 23.0 Å². The normalized spacial score (nSPS) is 15.6. The zero-order valence-corrected chi connectivity index (χ0v) is 15.3. The number of nitrogens with one attached hydrogen (secondary N) is 1. The van der Waals surface area contributed by atoms with Gasteiger partial charge in [-0.25, -0.2) is 0 Å². The summed E-state index contributed by atoms with van der Waals surface area (Å²) >= 11 is 6.19. The van der Waals surface area contributed by atoms with E-state index in [4.69, 9.17) is 16.1 Å². The molecule has 6 nitrogen and oxygen atoms in total. The van der Waals surface area contributed by atoms with E-state index in [1.54, 1.807) is 0 Å². The van der Waals surface area contributed by atoms with E-state index in [1.165, 1.54) is 0 Å². The van der Waals surface area contributed by atoms with Crippen LogP contribution in [0.4, 0.5) is 11.4 Å². The summed E-state index contributed by atoms with van der Waals surface area (Å²) in [6, 6.07) is 5.88. The van der Waals surface area contributed by atoms with Gasteiger partial charge in [-0.15, -0.1) is 0 Å². The number of aliphatic hydroxyl groups excluding tert-OH is 1. The summed E-state index contributed by atoms with van der Waals surface area (Å²) in [5.41, 5.74) is 2.08. The maximum absolute atomic E-state index is 9.32. The Kier molecular flexibility index (Phi) is 6.15. The van der Waals surface area contributed by atoms with Crippen molar-refractivity contribution in [3.05, 3.63) is 34.9 Å². The number of aliphatic hydroxyl groups is 1. The molecule has 0 spiro atoms. The molecular weight excluding hydrogens is 340 g/mol. The molecule has 0 unspecified atom stereocenters. The molecule has 0 radical (unpaired) electrons. The van der Waals surface area contributed by atoms with Gasteiger partial charge in [-0.05, 0) is 43.4 Å². The standard InChI is InChI=1S/C18H25ClN4O2/c1-2-3-17-21-18(25-22-17)11-20-15-10-14(19)4-5-16(15)23-8-6-13(12-24)7-9-23/h4-5,10,13,20,24H,2-3,6-9,11-12H2,1H3. The molecule has 136 valence electrons. The van der Waals surface area contributed by atoms with E-state index < -0.39 is 0 Å². The predicted octanol–water partition coefficient (Wildman–Crippen LogP) is 3.50. The van der Waals surface area contributed by atoms with Gasteiger partial charge in [-0.1, -0.05) is 23.7 Å². The van der Waals surface area contributed by atoms with E-state index in [2.05, 4.69) is 27.3 Å². The molecule has 0 aliphatic carbocycles. The number of halogens is 1. The minimum atomic E-state index is 0.275. The second-order valence-electron chi connectivity index (χ2n) is 6.48. The summed E-state index contributed by atoms with van der Waals surface area (Å²) in [7, 11) is 0. The van der Waals surface area contributed by atoms with Gasteiger partial charge < -0.3 is 19.8 Å². The van der Waals surface area contributed by atoms with Gasteiger partial charge >= 0.3 is 0 Å². The Hall–Kier alpha value is -1.79. The Morgan fingerprint density at radius 1 is 1.36 bits per heavy atom. The summed E-state index contributed by atoms with van der Waals surface area (Å²) in [5.74, 6) is 1.74. The topological polar surface area (TPSA) is 74.4 Å². The zero-order valence-electron chi connectivity index (χ0n) is 14.5. The van der Waals surface area contributed by atoms with Crippen LogP contribution >= 0.6 is 11.6 Å². The van der Waals surface area contributed by atoms with Crippen LogP contribution in [0.15, 0.2) is 22.7 Å². The molecule has 0 atom stereocenters. The second kappa shape index (κ2) is 8.54. The number of hydrogen-bond acceptors (Lipinski definition) is 6. The highest BCUT2D eigenvalue weighted by atomic mass is 35.5. The van der Waals surface area contributed by atoms with E-state index in [1.807, 2.05) is 18.2 Å². The fourth-order valence-electron chi connectivity index (χ4n) is 3.14. The summed E-state index contributed by atoms with van der Waals surface area (Å²) in [4.78, 5) is 6.72. The average molecular weight is 365 g/mol. The Balaban J connectivity index is 1.68. The van der Waals surface area contributed by atoms with Crippen molar-refractivity contribution < 1.29 is 9.63 Å². The Morgan fingerprint density at radius 3 is 2.88 bits per heavy atom. The van der Waals surface area contributed by atoms with Crippen LogP contribution in [0.3, 0.4) is 0 Å². The highest BCUT2D eigenvalue weighted by molar-refractivity contribution is 6.31. The number of anilines is 2. The highest BCUT2D eigenvalue weighted by Crippen LogP contribution is 2.32. The quantitative estimate of drug-likeness (QED) is 0.783. The number of rotatable bonds is 7. The molecule has 1 aromatic carbocycles. The van der Waals surface area contributed by atoms with Gasteiger partial charge in [-0.3, -0.25) is 0 Å². The fraction of sp³-hybridized carbons (Fsp3) is 0.556. The van der Waals surface area contributed by atoms with Gasteiger partial charge in [0.15, 0.2) is 5.82 Å². The van der Waals surface area contributed by atoms with Crippen molar-refractivity contribution in [1.82, 2.24) is 10.1 Å². The molecule has 7 heteroatoms. The molecule has 2 aromatic rings. The lowest BCUT2D eigenvalue weighted by atomic mass is 9.97. The van der Waals surface area contributed by atoms with Gasteiger partial charge in [0, 0.05) is 31.1 Å². The number of hydrogen-bond donors (Lipinski definition) is 2. The summed E-state index contributed by atoms with van der Waals surface area (Å²) in [6.45, 7) is 4.70. The van der Waals surface area contributed by atoms with Crippen LogP contribution in [-0.4, -0.2) is 34.9 Å². The van der Waals surface area contributed by atoms with Gasteiger partial charge in [0.2, 0.25) is 5.89 Å². The Morgan fingerprint density at radius 2 is 2.16 bits per heavy atom. The smallest absolute Gasteiger partial charge is 0.245 e. The fourth-order valence-corrected chi connectivity index (χ4v) is 3.31. The average Bonchev–Trinajstić information content (AvgIpc) is 3.08. The van der Waals surface area contributed by atoms with Crippen LogP contribution < -0.4 is 10.2 Å². The molecule has 25 heavy (non-hydrogen) atoms. The molecule has 0 saturated carbocycles. The molecule has 3 rings (SSSR count). The lowest BCUT2D eigenvalue weighted by Crippen LogP contribution is -2.35. The molecular formula is C18H25ClN4O2.